The lowest BCUT2D eigenvalue weighted by Gasteiger charge is -2.32. The second-order valence-electron chi connectivity index (χ2n) is 10.7. The van der Waals surface area contributed by atoms with E-state index in [-0.39, 0.29) is 47.3 Å². The Morgan fingerprint density at radius 3 is 2.52 bits per heavy atom. The highest BCUT2D eigenvalue weighted by atomic mass is 19.3. The van der Waals surface area contributed by atoms with Gasteiger partial charge in [0.2, 0.25) is 0 Å². The number of hydrogen-bond donors (Lipinski definition) is 0. The van der Waals surface area contributed by atoms with E-state index in [1.165, 1.54) is 12.1 Å². The Kier molecular flexibility index (Phi) is 5.80. The van der Waals surface area contributed by atoms with E-state index in [1.807, 2.05) is 21.6 Å². The van der Waals surface area contributed by atoms with Gasteiger partial charge in [-0.05, 0) is 49.1 Å². The van der Waals surface area contributed by atoms with Crippen molar-refractivity contribution in [3.05, 3.63) is 71.3 Å². The lowest BCUT2D eigenvalue weighted by molar-refractivity contribution is -0.119. The van der Waals surface area contributed by atoms with E-state index in [0.29, 0.717) is 59.5 Å². The molecule has 0 spiro atoms. The number of ketones is 2. The van der Waals surface area contributed by atoms with Gasteiger partial charge in [-0.25, -0.2) is 18.6 Å². The molecule has 3 aliphatic rings. The van der Waals surface area contributed by atoms with Crippen molar-refractivity contribution >= 4 is 45.3 Å². The summed E-state index contributed by atoms with van der Waals surface area (Å²) in [6.07, 6.45) is 5.15. The summed E-state index contributed by atoms with van der Waals surface area (Å²) < 4.78 is 32.0. The molecule has 204 valence electrons. The summed E-state index contributed by atoms with van der Waals surface area (Å²) in [5.74, 6) is -0.657. The van der Waals surface area contributed by atoms with Gasteiger partial charge >= 0.3 is 6.03 Å². The summed E-state index contributed by atoms with van der Waals surface area (Å²) in [7, 11) is 0. The van der Waals surface area contributed by atoms with Gasteiger partial charge in [-0.15, -0.1) is 0 Å². The summed E-state index contributed by atoms with van der Waals surface area (Å²) >= 11 is 0. The first-order valence-corrected chi connectivity index (χ1v) is 13.6. The Balaban J connectivity index is 1.40. The van der Waals surface area contributed by atoms with Crippen molar-refractivity contribution in [2.75, 3.05) is 19.6 Å². The van der Waals surface area contributed by atoms with Gasteiger partial charge in [0, 0.05) is 67.2 Å². The molecule has 1 saturated heterocycles. The predicted octanol–water partition coefficient (Wildman–Crippen LogP) is 5.10. The third-order valence-electron chi connectivity index (χ3n) is 8.27. The summed E-state index contributed by atoms with van der Waals surface area (Å²) in [6.45, 7) is 2.45. The van der Waals surface area contributed by atoms with Crippen LogP contribution in [0.2, 0.25) is 0 Å². The number of benzene rings is 1. The van der Waals surface area contributed by atoms with Crippen LogP contribution in [0.5, 0.6) is 0 Å². The van der Waals surface area contributed by atoms with Crippen molar-refractivity contribution < 1.29 is 23.2 Å². The number of urea groups is 1. The number of nitrogens with zero attached hydrogens (tertiary/aromatic N) is 5. The molecule has 3 aromatic heterocycles. The smallest absolute Gasteiger partial charge is 0.320 e. The lowest BCUT2D eigenvalue weighted by atomic mass is 9.96. The molecular weight excluding hydrogens is 516 g/mol. The van der Waals surface area contributed by atoms with Gasteiger partial charge in [0.15, 0.2) is 11.6 Å². The fraction of sp³-hybridized carbons (Fsp3) is 0.333. The molecule has 0 saturated carbocycles. The van der Waals surface area contributed by atoms with Gasteiger partial charge in [0.1, 0.15) is 5.65 Å². The number of fused-ring (bicyclic) bond motifs is 1. The Morgan fingerprint density at radius 2 is 1.73 bits per heavy atom. The van der Waals surface area contributed by atoms with Crippen LogP contribution in [0.15, 0.2) is 48.9 Å². The highest BCUT2D eigenvalue weighted by Crippen LogP contribution is 2.42. The minimum Gasteiger partial charge on any atom is -0.345 e. The van der Waals surface area contributed by atoms with Crippen LogP contribution in [-0.2, 0) is 22.7 Å². The highest BCUT2D eigenvalue weighted by Gasteiger charge is 2.36. The quantitative estimate of drug-likeness (QED) is 0.337. The number of alkyl halides is 2. The van der Waals surface area contributed by atoms with Gasteiger partial charge in [-0.2, -0.15) is 0 Å². The van der Waals surface area contributed by atoms with Crippen molar-refractivity contribution in [1.82, 2.24) is 23.8 Å². The van der Waals surface area contributed by atoms with Crippen LogP contribution in [-0.4, -0.2) is 61.0 Å². The SMILES string of the molecule is O=C1CC(=O)C(c2cnc3ccccn23)=C1c1cn2c3c(cc(C(F)F)cc13)CN(C(=O)N1CCCCC1)CC2. The standard InChI is InChI=1S/C30H27F2N5O3/c31-29(32)18-12-19-16-36(30(40)34-7-3-1-4-8-34)11-10-35-17-21(20(13-18)28(19)35)26-23(38)14-24(39)27(26)22-15-33-25-6-2-5-9-37(22)25/h2,5-6,9,12-13,15,17,29H,1,3-4,7-8,10-11,14,16H2. The van der Waals surface area contributed by atoms with Gasteiger partial charge in [0.05, 0.1) is 29.4 Å². The minimum absolute atomic E-state index is 0.0737. The first-order chi connectivity index (χ1) is 19.4. The molecule has 0 bridgehead atoms. The molecule has 4 aromatic rings. The zero-order valence-corrected chi connectivity index (χ0v) is 21.8. The monoisotopic (exact) mass is 543 g/mol. The number of aromatic nitrogens is 3. The minimum atomic E-state index is -2.74. The molecule has 2 amide bonds. The van der Waals surface area contributed by atoms with Crippen LogP contribution in [0.3, 0.4) is 0 Å². The number of imidazole rings is 1. The van der Waals surface area contributed by atoms with Gasteiger partial charge in [0.25, 0.3) is 6.43 Å². The predicted molar refractivity (Wildman–Crippen MR) is 145 cm³/mol. The van der Waals surface area contributed by atoms with Crippen LogP contribution in [0, 0.1) is 0 Å². The van der Waals surface area contributed by atoms with E-state index in [0.717, 1.165) is 19.3 Å². The van der Waals surface area contributed by atoms with Gasteiger partial charge < -0.3 is 14.4 Å². The summed E-state index contributed by atoms with van der Waals surface area (Å²) in [4.78, 5) is 47.9. The van der Waals surface area contributed by atoms with Crippen LogP contribution in [0.25, 0.3) is 27.7 Å². The second kappa shape index (κ2) is 9.39. The van der Waals surface area contributed by atoms with Crippen molar-refractivity contribution in [3.63, 3.8) is 0 Å². The van der Waals surface area contributed by atoms with Crippen LogP contribution >= 0.6 is 0 Å². The third kappa shape index (κ3) is 3.84. The number of carbonyl (C=O) groups is 3. The van der Waals surface area contributed by atoms with Gasteiger partial charge in [-0.3, -0.25) is 14.0 Å². The molecule has 40 heavy (non-hydrogen) atoms. The number of allylic oxidation sites excluding steroid dienone is 2. The van der Waals surface area contributed by atoms with Crippen molar-refractivity contribution in [2.24, 2.45) is 0 Å². The van der Waals surface area contributed by atoms with Crippen LogP contribution < -0.4 is 0 Å². The average molecular weight is 544 g/mol. The summed E-state index contributed by atoms with van der Waals surface area (Å²) in [5.41, 5.74) is 3.23. The van der Waals surface area contributed by atoms with E-state index in [1.54, 1.807) is 34.0 Å². The number of piperidine rings is 1. The molecule has 8 nitrogen and oxygen atoms in total. The number of likely N-dealkylation sites (tertiary alicyclic amines) is 1. The number of rotatable bonds is 3. The molecule has 1 aliphatic carbocycles. The van der Waals surface area contributed by atoms with E-state index in [2.05, 4.69) is 4.98 Å². The Hall–Kier alpha value is -4.34. The zero-order valence-electron chi connectivity index (χ0n) is 21.8. The van der Waals surface area contributed by atoms with E-state index >= 15 is 0 Å². The highest BCUT2D eigenvalue weighted by molar-refractivity contribution is 6.51. The molecule has 0 radical (unpaired) electrons. The number of amides is 2. The maximum Gasteiger partial charge on any atom is 0.320 e. The third-order valence-corrected chi connectivity index (χ3v) is 8.27. The molecule has 0 atom stereocenters. The van der Waals surface area contributed by atoms with E-state index in [9.17, 15) is 23.2 Å². The molecule has 7 rings (SSSR count). The molecule has 1 aromatic carbocycles. The largest absolute Gasteiger partial charge is 0.345 e. The van der Waals surface area contributed by atoms with Crippen LogP contribution in [0.1, 0.15) is 54.5 Å². The summed E-state index contributed by atoms with van der Waals surface area (Å²) in [5, 5.41) is 0.490. The normalized spacial score (nSPS) is 18.1. The number of pyridine rings is 1. The lowest BCUT2D eigenvalue weighted by Crippen LogP contribution is -2.45. The molecular formula is C30H27F2N5O3. The Morgan fingerprint density at radius 1 is 0.925 bits per heavy atom. The number of hydrogen-bond acceptors (Lipinski definition) is 4. The van der Waals surface area contributed by atoms with Gasteiger partial charge in [-0.1, -0.05) is 6.07 Å². The maximum atomic E-state index is 14.2. The first kappa shape index (κ1) is 24.7. The Bertz CT molecular complexity index is 1740. The molecule has 1 fully saturated rings. The molecule has 2 aliphatic heterocycles. The van der Waals surface area contributed by atoms with Crippen molar-refractivity contribution in [1.29, 1.82) is 0 Å². The van der Waals surface area contributed by atoms with Crippen molar-refractivity contribution in [2.45, 2.75) is 45.2 Å². The molecule has 10 heteroatoms. The van der Waals surface area contributed by atoms with Crippen LogP contribution in [0.4, 0.5) is 13.6 Å². The number of halogens is 2. The summed E-state index contributed by atoms with van der Waals surface area (Å²) in [6, 6.07) is 8.28. The zero-order chi connectivity index (χ0) is 27.5. The Labute approximate surface area is 228 Å². The van der Waals surface area contributed by atoms with Crippen molar-refractivity contribution in [3.8, 4) is 0 Å². The number of Topliss-reactive ketones (excluding diaryl/α,β-unsaturated/α-hetero) is 2. The average Bonchev–Trinajstić information content (AvgIpc) is 3.58. The maximum absolute atomic E-state index is 14.2. The van der Waals surface area contributed by atoms with E-state index in [4.69, 9.17) is 0 Å². The molecule has 5 heterocycles. The second-order valence-corrected chi connectivity index (χ2v) is 10.7. The molecule has 0 N–H and O–H groups in total. The fourth-order valence-corrected chi connectivity index (χ4v) is 6.41. The first-order valence-electron chi connectivity index (χ1n) is 13.6. The molecule has 0 unspecified atom stereocenters. The van der Waals surface area contributed by atoms with E-state index < -0.39 is 6.43 Å². The number of carbonyl (C=O) groups excluding carboxylic acids is 3. The fourth-order valence-electron chi connectivity index (χ4n) is 6.41. The topological polar surface area (TPSA) is 79.9 Å².